The number of rotatable bonds is 7. The molecule has 4 heteroatoms. The van der Waals surface area contributed by atoms with Crippen LogP contribution in [0.1, 0.15) is 104 Å². The fourth-order valence-corrected chi connectivity index (χ4v) is 10.3. The van der Waals surface area contributed by atoms with Crippen molar-refractivity contribution in [2.75, 3.05) is 6.61 Å². The Kier molecular flexibility index (Phi) is 6.01. The monoisotopic (exact) mass is 497 g/mol. The molecule has 0 aromatic carbocycles. The first-order valence-electron chi connectivity index (χ1n) is 15.8. The number of fused-ring (bicyclic) bond motifs is 3. The van der Waals surface area contributed by atoms with Gasteiger partial charge >= 0.3 is 0 Å². The Morgan fingerprint density at radius 3 is 2.33 bits per heavy atom. The largest absolute Gasteiger partial charge is 0.391 e. The number of hydrogen-bond acceptors (Lipinski definition) is 4. The molecule has 2 heterocycles. The molecule has 8 unspecified atom stereocenters. The van der Waals surface area contributed by atoms with Crippen molar-refractivity contribution in [1.82, 2.24) is 5.32 Å². The zero-order chi connectivity index (χ0) is 24.7. The van der Waals surface area contributed by atoms with Crippen LogP contribution in [0.2, 0.25) is 0 Å². The molecule has 0 aromatic heterocycles. The summed E-state index contributed by atoms with van der Waals surface area (Å²) in [6, 6.07) is 0. The number of aliphatic hydroxyl groups excluding tert-OH is 1. The Morgan fingerprint density at radius 2 is 1.78 bits per heavy atom. The maximum atomic E-state index is 11.8. The minimum atomic E-state index is -0.440. The molecule has 0 aromatic rings. The molecule has 2 saturated heterocycles. The standard InChI is InChI=1S/C32H51NO3/c1-20-29(34)30(2,33-32(20)26-17-27(26)32)18-25(28-19-36-28)23-12-14-31(35,15-13-23)24-10-8-22(9-11-24)16-21-6-4-3-5-7-21/h4,6,20-29,33-35H,3,5,7-19H2,1-2H3. The van der Waals surface area contributed by atoms with E-state index >= 15 is 0 Å². The molecule has 6 fully saturated rings. The summed E-state index contributed by atoms with van der Waals surface area (Å²) >= 11 is 0. The van der Waals surface area contributed by atoms with Gasteiger partial charge in [-0.1, -0.05) is 31.9 Å². The topological polar surface area (TPSA) is 65.0 Å². The van der Waals surface area contributed by atoms with Crippen LogP contribution in [0.4, 0.5) is 0 Å². The fraction of sp³-hybridized carbons (Fsp3) is 0.938. The predicted molar refractivity (Wildman–Crippen MR) is 142 cm³/mol. The lowest BCUT2D eigenvalue weighted by molar-refractivity contribution is -0.0825. The van der Waals surface area contributed by atoms with Crippen LogP contribution in [-0.4, -0.2) is 45.7 Å². The van der Waals surface area contributed by atoms with Gasteiger partial charge in [0, 0.05) is 17.0 Å². The number of epoxide rings is 1. The molecular formula is C32H51NO3. The molecule has 4 saturated carbocycles. The van der Waals surface area contributed by atoms with Crippen LogP contribution >= 0.6 is 0 Å². The van der Waals surface area contributed by atoms with E-state index in [4.69, 9.17) is 4.74 Å². The SMILES string of the molecule is CC1C(O)C(C)(CC(C2CCC(O)(C3CCC(CC4C=CCCC4)CC3)CC2)C2CO2)NC12C1CC12. The van der Waals surface area contributed by atoms with Gasteiger partial charge in [0.15, 0.2) is 0 Å². The van der Waals surface area contributed by atoms with E-state index in [1.807, 2.05) is 0 Å². The molecule has 1 spiro atoms. The average Bonchev–Trinajstić information content (AvgIpc) is 3.79. The lowest BCUT2D eigenvalue weighted by Gasteiger charge is -2.46. The van der Waals surface area contributed by atoms with Gasteiger partial charge in [0.25, 0.3) is 0 Å². The Labute approximate surface area is 219 Å². The minimum absolute atomic E-state index is 0.191. The molecule has 7 aliphatic rings. The van der Waals surface area contributed by atoms with Crippen LogP contribution < -0.4 is 5.32 Å². The highest BCUT2D eigenvalue weighted by molar-refractivity contribution is 5.37. The molecule has 8 atom stereocenters. The smallest absolute Gasteiger partial charge is 0.0841 e. The van der Waals surface area contributed by atoms with E-state index < -0.39 is 5.60 Å². The third kappa shape index (κ3) is 4.07. The normalized spacial score (nSPS) is 56.4. The number of nitrogens with one attached hydrogen (secondary N) is 1. The zero-order valence-corrected chi connectivity index (χ0v) is 22.8. The third-order valence-electron chi connectivity index (χ3n) is 12.9. The molecule has 5 aliphatic carbocycles. The average molecular weight is 498 g/mol. The number of ether oxygens (including phenoxy) is 1. The maximum absolute atomic E-state index is 11.8. The highest BCUT2D eigenvalue weighted by atomic mass is 16.6. The van der Waals surface area contributed by atoms with Crippen LogP contribution in [0, 0.1) is 47.3 Å². The number of allylic oxidation sites excluding steroid dienone is 2. The van der Waals surface area contributed by atoms with Crippen LogP contribution in [0.25, 0.3) is 0 Å². The second kappa shape index (κ2) is 8.80. The van der Waals surface area contributed by atoms with E-state index in [0.29, 0.717) is 29.8 Å². The van der Waals surface area contributed by atoms with Crippen molar-refractivity contribution in [3.05, 3.63) is 12.2 Å². The van der Waals surface area contributed by atoms with E-state index in [9.17, 15) is 10.2 Å². The summed E-state index contributed by atoms with van der Waals surface area (Å²) in [6.45, 7) is 5.46. The fourth-order valence-electron chi connectivity index (χ4n) is 10.3. The number of hydrogen-bond donors (Lipinski definition) is 3. The van der Waals surface area contributed by atoms with Crippen LogP contribution in [0.15, 0.2) is 12.2 Å². The lowest BCUT2D eigenvalue weighted by atomic mass is 9.62. The summed E-state index contributed by atoms with van der Waals surface area (Å²) in [5, 5.41) is 27.1. The minimum Gasteiger partial charge on any atom is -0.391 e. The van der Waals surface area contributed by atoms with E-state index in [0.717, 1.165) is 62.4 Å². The third-order valence-corrected chi connectivity index (χ3v) is 12.9. The zero-order valence-electron chi connectivity index (χ0n) is 22.8. The summed E-state index contributed by atoms with van der Waals surface area (Å²) in [7, 11) is 0. The van der Waals surface area contributed by atoms with E-state index in [1.165, 1.54) is 57.8 Å². The van der Waals surface area contributed by atoms with E-state index in [-0.39, 0.29) is 17.2 Å². The van der Waals surface area contributed by atoms with Crippen molar-refractivity contribution in [3.63, 3.8) is 0 Å². The molecule has 36 heavy (non-hydrogen) atoms. The highest BCUT2D eigenvalue weighted by Crippen LogP contribution is 2.77. The van der Waals surface area contributed by atoms with Gasteiger partial charge in [0.1, 0.15) is 0 Å². The molecule has 202 valence electrons. The molecule has 2 aliphatic heterocycles. The van der Waals surface area contributed by atoms with Crippen molar-refractivity contribution in [2.24, 2.45) is 47.3 Å². The first kappa shape index (κ1) is 24.6. The second-order valence-corrected chi connectivity index (χ2v) is 14.9. The van der Waals surface area contributed by atoms with Crippen molar-refractivity contribution in [1.29, 1.82) is 0 Å². The Hall–Kier alpha value is -0.420. The van der Waals surface area contributed by atoms with Gasteiger partial charge < -0.3 is 20.3 Å². The van der Waals surface area contributed by atoms with Crippen LogP contribution in [0.3, 0.4) is 0 Å². The van der Waals surface area contributed by atoms with Gasteiger partial charge in [-0.3, -0.25) is 0 Å². The first-order chi connectivity index (χ1) is 17.3. The van der Waals surface area contributed by atoms with Crippen LogP contribution in [0.5, 0.6) is 0 Å². The lowest BCUT2D eigenvalue weighted by Crippen LogP contribution is -2.52. The molecule has 0 amide bonds. The Balaban J connectivity index is 0.938. The molecule has 3 N–H and O–H groups in total. The summed E-state index contributed by atoms with van der Waals surface area (Å²) < 4.78 is 5.90. The summed E-state index contributed by atoms with van der Waals surface area (Å²) in [4.78, 5) is 0. The second-order valence-electron chi connectivity index (χ2n) is 14.9. The summed E-state index contributed by atoms with van der Waals surface area (Å²) in [5.74, 6) is 5.37. The predicted octanol–water partition coefficient (Wildman–Crippen LogP) is 5.61. The van der Waals surface area contributed by atoms with E-state index in [1.54, 1.807) is 0 Å². The first-order valence-corrected chi connectivity index (χ1v) is 15.8. The molecule has 0 bridgehead atoms. The van der Waals surface area contributed by atoms with Crippen LogP contribution in [-0.2, 0) is 4.74 Å². The van der Waals surface area contributed by atoms with Crippen molar-refractivity contribution < 1.29 is 14.9 Å². The van der Waals surface area contributed by atoms with E-state index in [2.05, 4.69) is 31.3 Å². The van der Waals surface area contributed by atoms with Crippen molar-refractivity contribution >= 4 is 0 Å². The number of aliphatic hydroxyl groups is 2. The molecule has 4 nitrogen and oxygen atoms in total. The van der Waals surface area contributed by atoms with Gasteiger partial charge in [-0.25, -0.2) is 0 Å². The molecule has 0 radical (unpaired) electrons. The van der Waals surface area contributed by atoms with Gasteiger partial charge in [-0.15, -0.1) is 0 Å². The van der Waals surface area contributed by atoms with Crippen molar-refractivity contribution in [3.8, 4) is 0 Å². The quantitative estimate of drug-likeness (QED) is 0.316. The summed E-state index contributed by atoms with van der Waals surface area (Å²) in [6.07, 6.45) is 22.1. The van der Waals surface area contributed by atoms with Gasteiger partial charge in [-0.05, 0) is 125 Å². The highest BCUT2D eigenvalue weighted by Gasteiger charge is 2.83. The summed E-state index contributed by atoms with van der Waals surface area (Å²) in [5.41, 5.74) is -0.380. The Bertz CT molecular complexity index is 843. The van der Waals surface area contributed by atoms with Gasteiger partial charge in [0.05, 0.1) is 24.4 Å². The maximum Gasteiger partial charge on any atom is 0.0841 e. The Morgan fingerprint density at radius 1 is 1.06 bits per heavy atom. The van der Waals surface area contributed by atoms with Crippen molar-refractivity contribution in [2.45, 2.75) is 133 Å². The molecule has 7 rings (SSSR count). The van der Waals surface area contributed by atoms with Gasteiger partial charge in [0.2, 0.25) is 0 Å². The van der Waals surface area contributed by atoms with Gasteiger partial charge in [-0.2, -0.15) is 0 Å². The molecular weight excluding hydrogens is 446 g/mol.